The first kappa shape index (κ1) is 23.7. The number of aromatic hydroxyl groups is 1. The van der Waals surface area contributed by atoms with Crippen molar-refractivity contribution in [3.63, 3.8) is 0 Å². The molecule has 0 saturated heterocycles. The van der Waals surface area contributed by atoms with Crippen LogP contribution in [0.25, 0.3) is 0 Å². The molecule has 0 spiro atoms. The van der Waals surface area contributed by atoms with Gasteiger partial charge in [0.2, 0.25) is 0 Å². The standard InChI is InChI=1S/C20H21BrF3N3O3/c1-27(12-20(22,23)24)9-3-8-25-19(30)16-7-6-15(11-17(16)28)26-18(29)13-4-2-5-14(21)10-13/h2,4-7,10-11,28H,3,8-9,12H2,1H3,(H,25,30)(H,26,29). The van der Waals surface area contributed by atoms with Gasteiger partial charge in [0.1, 0.15) is 5.75 Å². The number of nitrogens with zero attached hydrogens (tertiary/aromatic N) is 1. The van der Waals surface area contributed by atoms with E-state index in [1.807, 2.05) is 0 Å². The second kappa shape index (κ2) is 10.4. The fraction of sp³-hybridized carbons (Fsp3) is 0.300. The van der Waals surface area contributed by atoms with Gasteiger partial charge >= 0.3 is 6.18 Å². The average molecular weight is 488 g/mol. The second-order valence-corrected chi connectivity index (χ2v) is 7.57. The molecule has 30 heavy (non-hydrogen) atoms. The number of benzene rings is 2. The molecule has 2 aromatic carbocycles. The molecule has 0 unspecified atom stereocenters. The number of phenols is 1. The molecule has 162 valence electrons. The summed E-state index contributed by atoms with van der Waals surface area (Å²) in [6.07, 6.45) is -3.95. The summed E-state index contributed by atoms with van der Waals surface area (Å²) < 4.78 is 37.5. The highest BCUT2D eigenvalue weighted by Gasteiger charge is 2.28. The van der Waals surface area contributed by atoms with Crippen LogP contribution in [0.1, 0.15) is 27.1 Å². The van der Waals surface area contributed by atoms with Crippen LogP contribution in [0.15, 0.2) is 46.9 Å². The van der Waals surface area contributed by atoms with E-state index in [1.54, 1.807) is 24.3 Å². The third-order valence-electron chi connectivity index (χ3n) is 4.04. The fourth-order valence-electron chi connectivity index (χ4n) is 2.67. The van der Waals surface area contributed by atoms with Crippen molar-refractivity contribution in [2.24, 2.45) is 0 Å². The fourth-order valence-corrected chi connectivity index (χ4v) is 3.06. The molecule has 0 saturated carbocycles. The number of hydrogen-bond donors (Lipinski definition) is 3. The summed E-state index contributed by atoms with van der Waals surface area (Å²) in [5, 5.41) is 15.3. The molecule has 0 fully saturated rings. The molecule has 0 aliphatic rings. The van der Waals surface area contributed by atoms with E-state index in [0.717, 1.165) is 9.37 Å². The summed E-state index contributed by atoms with van der Waals surface area (Å²) in [5.74, 6) is -1.26. The molecule has 0 heterocycles. The molecular formula is C20H21BrF3N3O3. The van der Waals surface area contributed by atoms with Crippen LogP contribution in [0.5, 0.6) is 5.75 Å². The molecule has 10 heteroatoms. The first-order valence-electron chi connectivity index (χ1n) is 8.98. The van der Waals surface area contributed by atoms with Crippen LogP contribution in [0.3, 0.4) is 0 Å². The number of amides is 2. The Kier molecular flexibility index (Phi) is 8.24. The van der Waals surface area contributed by atoms with Gasteiger partial charge in [-0.25, -0.2) is 0 Å². The van der Waals surface area contributed by atoms with Crippen LogP contribution in [0.2, 0.25) is 0 Å². The van der Waals surface area contributed by atoms with E-state index >= 15 is 0 Å². The molecule has 0 radical (unpaired) electrons. The summed E-state index contributed by atoms with van der Waals surface area (Å²) in [7, 11) is 1.35. The zero-order valence-corrected chi connectivity index (χ0v) is 17.7. The van der Waals surface area contributed by atoms with Crippen LogP contribution in [-0.2, 0) is 0 Å². The lowest BCUT2D eigenvalue weighted by Gasteiger charge is -2.18. The van der Waals surface area contributed by atoms with Crippen LogP contribution >= 0.6 is 15.9 Å². The van der Waals surface area contributed by atoms with E-state index in [1.165, 1.54) is 25.2 Å². The first-order valence-corrected chi connectivity index (χ1v) is 9.78. The molecule has 0 aromatic heterocycles. The number of anilines is 1. The lowest BCUT2D eigenvalue weighted by atomic mass is 10.1. The number of phenolic OH excluding ortho intramolecular Hbond substituents is 1. The predicted octanol–water partition coefficient (Wildman–Crippen LogP) is 4.02. The number of hydrogen-bond acceptors (Lipinski definition) is 4. The van der Waals surface area contributed by atoms with Crippen molar-refractivity contribution in [2.75, 3.05) is 32.0 Å². The quantitative estimate of drug-likeness (QED) is 0.491. The van der Waals surface area contributed by atoms with Gasteiger partial charge in [-0.2, -0.15) is 13.2 Å². The zero-order valence-electron chi connectivity index (χ0n) is 16.1. The number of halogens is 4. The smallest absolute Gasteiger partial charge is 0.401 e. The molecule has 6 nitrogen and oxygen atoms in total. The summed E-state index contributed by atoms with van der Waals surface area (Å²) in [4.78, 5) is 25.5. The molecule has 0 aliphatic carbocycles. The maximum Gasteiger partial charge on any atom is 0.401 e. The highest BCUT2D eigenvalue weighted by Crippen LogP contribution is 2.23. The number of carbonyl (C=O) groups excluding carboxylic acids is 2. The lowest BCUT2D eigenvalue weighted by Crippen LogP contribution is -2.33. The minimum Gasteiger partial charge on any atom is -0.507 e. The average Bonchev–Trinajstić information content (AvgIpc) is 2.63. The maximum atomic E-state index is 12.3. The Morgan fingerprint density at radius 3 is 2.50 bits per heavy atom. The van der Waals surface area contributed by atoms with Crippen molar-refractivity contribution < 1.29 is 27.9 Å². The normalized spacial score (nSPS) is 11.4. The lowest BCUT2D eigenvalue weighted by molar-refractivity contribution is -0.143. The minimum absolute atomic E-state index is 0.000833. The van der Waals surface area contributed by atoms with Crippen molar-refractivity contribution >= 4 is 33.4 Å². The van der Waals surface area contributed by atoms with E-state index in [2.05, 4.69) is 26.6 Å². The van der Waals surface area contributed by atoms with Gasteiger partial charge in [0.25, 0.3) is 11.8 Å². The molecule has 0 atom stereocenters. The molecule has 2 aromatic rings. The van der Waals surface area contributed by atoms with E-state index in [9.17, 15) is 27.9 Å². The Labute approximate surface area is 180 Å². The number of rotatable bonds is 8. The van der Waals surface area contributed by atoms with Crippen LogP contribution in [0.4, 0.5) is 18.9 Å². The van der Waals surface area contributed by atoms with Crippen LogP contribution in [-0.4, -0.2) is 54.7 Å². The topological polar surface area (TPSA) is 81.7 Å². The third-order valence-corrected chi connectivity index (χ3v) is 4.53. The zero-order chi connectivity index (χ0) is 22.3. The Morgan fingerprint density at radius 1 is 1.13 bits per heavy atom. The van der Waals surface area contributed by atoms with Gasteiger partial charge in [0.05, 0.1) is 12.1 Å². The first-order chi connectivity index (χ1) is 14.0. The summed E-state index contributed by atoms with van der Waals surface area (Å²) in [6.45, 7) is -0.705. The van der Waals surface area contributed by atoms with Gasteiger partial charge in [0, 0.05) is 28.3 Å². The molecule has 0 aliphatic heterocycles. The van der Waals surface area contributed by atoms with E-state index < -0.39 is 18.6 Å². The van der Waals surface area contributed by atoms with Crippen molar-refractivity contribution in [2.45, 2.75) is 12.6 Å². The molecular weight excluding hydrogens is 467 g/mol. The van der Waals surface area contributed by atoms with Crippen molar-refractivity contribution in [3.05, 3.63) is 58.1 Å². The van der Waals surface area contributed by atoms with Crippen LogP contribution in [0, 0.1) is 0 Å². The van der Waals surface area contributed by atoms with Gasteiger partial charge < -0.3 is 15.7 Å². The van der Waals surface area contributed by atoms with E-state index in [-0.39, 0.29) is 30.3 Å². The molecule has 3 N–H and O–H groups in total. The summed E-state index contributed by atoms with van der Waals surface area (Å²) in [5.41, 5.74) is 0.725. The van der Waals surface area contributed by atoms with Gasteiger partial charge in [0.15, 0.2) is 0 Å². The minimum atomic E-state index is -4.27. The monoisotopic (exact) mass is 487 g/mol. The molecule has 2 amide bonds. The largest absolute Gasteiger partial charge is 0.507 e. The highest BCUT2D eigenvalue weighted by atomic mass is 79.9. The Morgan fingerprint density at radius 2 is 1.87 bits per heavy atom. The van der Waals surface area contributed by atoms with Crippen molar-refractivity contribution in [1.82, 2.24) is 10.2 Å². The number of alkyl halides is 3. The van der Waals surface area contributed by atoms with Gasteiger partial charge in [-0.3, -0.25) is 14.5 Å². The van der Waals surface area contributed by atoms with E-state index in [4.69, 9.17) is 0 Å². The number of nitrogens with one attached hydrogen (secondary N) is 2. The predicted molar refractivity (Wildman–Crippen MR) is 111 cm³/mol. The number of carbonyl (C=O) groups is 2. The van der Waals surface area contributed by atoms with Crippen molar-refractivity contribution in [1.29, 1.82) is 0 Å². The highest BCUT2D eigenvalue weighted by molar-refractivity contribution is 9.10. The van der Waals surface area contributed by atoms with Gasteiger partial charge in [-0.1, -0.05) is 22.0 Å². The van der Waals surface area contributed by atoms with E-state index in [0.29, 0.717) is 17.7 Å². The molecule has 0 bridgehead atoms. The third kappa shape index (κ3) is 7.68. The van der Waals surface area contributed by atoms with Crippen LogP contribution < -0.4 is 10.6 Å². The Bertz CT molecular complexity index is 906. The summed E-state index contributed by atoms with van der Waals surface area (Å²) in [6, 6.07) is 10.9. The van der Waals surface area contributed by atoms with Gasteiger partial charge in [-0.15, -0.1) is 0 Å². The van der Waals surface area contributed by atoms with Gasteiger partial charge in [-0.05, 0) is 50.3 Å². The second-order valence-electron chi connectivity index (χ2n) is 6.66. The maximum absolute atomic E-state index is 12.3. The summed E-state index contributed by atoms with van der Waals surface area (Å²) >= 11 is 3.28. The SMILES string of the molecule is CN(CCCNC(=O)c1ccc(NC(=O)c2cccc(Br)c2)cc1O)CC(F)(F)F. The van der Waals surface area contributed by atoms with Crippen molar-refractivity contribution in [3.8, 4) is 5.75 Å². The Balaban J connectivity index is 1.87. The Hall–Kier alpha value is -2.59. The molecule has 2 rings (SSSR count).